The summed E-state index contributed by atoms with van der Waals surface area (Å²) in [5.41, 5.74) is 1.34. The molecule has 2 N–H and O–H groups in total. The number of allylic oxidation sites excluding steroid dienone is 1. The van der Waals surface area contributed by atoms with E-state index in [9.17, 15) is 9.59 Å². The molecule has 0 radical (unpaired) electrons. The summed E-state index contributed by atoms with van der Waals surface area (Å²) < 4.78 is 0. The summed E-state index contributed by atoms with van der Waals surface area (Å²) in [5.74, 6) is 0.247. The minimum absolute atomic E-state index is 0.143. The van der Waals surface area contributed by atoms with E-state index in [0.717, 1.165) is 38.8 Å². The Balaban J connectivity index is 1.54. The quantitative estimate of drug-likeness (QED) is 0.757. The number of likely N-dealkylation sites (tertiary alicyclic amines) is 1. The minimum atomic E-state index is -0.143. The van der Waals surface area contributed by atoms with Crippen molar-refractivity contribution in [3.05, 3.63) is 11.8 Å². The van der Waals surface area contributed by atoms with Crippen molar-refractivity contribution >= 4 is 11.9 Å². The van der Waals surface area contributed by atoms with Gasteiger partial charge in [0.15, 0.2) is 0 Å². The Morgan fingerprint density at radius 1 is 1.15 bits per heavy atom. The third-order valence-electron chi connectivity index (χ3n) is 3.96. The van der Waals surface area contributed by atoms with Gasteiger partial charge in [0.05, 0.1) is 0 Å². The van der Waals surface area contributed by atoms with Crippen LogP contribution in [0.15, 0.2) is 11.8 Å². The van der Waals surface area contributed by atoms with Crippen LogP contribution in [0.5, 0.6) is 0 Å². The van der Waals surface area contributed by atoms with Crippen molar-refractivity contribution in [1.82, 2.24) is 15.5 Å². The van der Waals surface area contributed by atoms with E-state index in [1.807, 2.05) is 11.1 Å². The number of rotatable bonds is 5. The largest absolute Gasteiger partial charge is 0.343 e. The molecule has 112 valence electrons. The van der Waals surface area contributed by atoms with Gasteiger partial charge in [-0.05, 0) is 38.5 Å². The van der Waals surface area contributed by atoms with E-state index >= 15 is 0 Å². The Morgan fingerprint density at radius 3 is 2.65 bits per heavy atom. The predicted octanol–water partition coefficient (Wildman–Crippen LogP) is 2.15. The Kier molecular flexibility index (Phi) is 5.89. The highest BCUT2D eigenvalue weighted by Crippen LogP contribution is 2.21. The molecule has 0 aromatic rings. The summed E-state index contributed by atoms with van der Waals surface area (Å²) in [4.78, 5) is 24.9. The fourth-order valence-electron chi connectivity index (χ4n) is 2.78. The van der Waals surface area contributed by atoms with E-state index in [-0.39, 0.29) is 11.9 Å². The molecule has 2 aliphatic rings. The molecule has 2 fully saturated rings. The maximum absolute atomic E-state index is 11.6. The standard InChI is InChI=1S/C15H25N3O2/c19-14-8-4-10-18(14)11-5-9-16-15(20)17-12-13-6-2-1-3-7-13/h12H,1-11H2,(H2,16,17,20). The topological polar surface area (TPSA) is 61.4 Å². The lowest BCUT2D eigenvalue weighted by Gasteiger charge is -2.15. The molecule has 3 amide bonds. The van der Waals surface area contributed by atoms with Crippen LogP contribution < -0.4 is 10.6 Å². The summed E-state index contributed by atoms with van der Waals surface area (Å²) in [6, 6.07) is -0.143. The monoisotopic (exact) mass is 279 g/mol. The predicted molar refractivity (Wildman–Crippen MR) is 78.1 cm³/mol. The highest BCUT2D eigenvalue weighted by atomic mass is 16.2. The molecule has 2 rings (SSSR count). The number of carbonyl (C=O) groups excluding carboxylic acids is 2. The number of amides is 3. The number of nitrogens with zero attached hydrogens (tertiary/aromatic N) is 1. The zero-order chi connectivity index (χ0) is 14.2. The van der Waals surface area contributed by atoms with Crippen LogP contribution >= 0.6 is 0 Å². The normalized spacial score (nSPS) is 19.1. The molecule has 1 aliphatic carbocycles. The van der Waals surface area contributed by atoms with Crippen molar-refractivity contribution in [2.24, 2.45) is 0 Å². The SMILES string of the molecule is O=C(NC=C1CCCCC1)NCCCN1CCCC1=O. The molecule has 0 aromatic heterocycles. The van der Waals surface area contributed by atoms with E-state index < -0.39 is 0 Å². The van der Waals surface area contributed by atoms with Gasteiger partial charge in [0, 0.05) is 32.3 Å². The van der Waals surface area contributed by atoms with Crippen molar-refractivity contribution in [2.75, 3.05) is 19.6 Å². The summed E-state index contributed by atoms with van der Waals surface area (Å²) in [7, 11) is 0. The van der Waals surface area contributed by atoms with Crippen LogP contribution in [0.1, 0.15) is 51.4 Å². The fraction of sp³-hybridized carbons (Fsp3) is 0.733. The average molecular weight is 279 g/mol. The first kappa shape index (κ1) is 14.9. The number of urea groups is 1. The lowest BCUT2D eigenvalue weighted by molar-refractivity contribution is -0.127. The third-order valence-corrected chi connectivity index (χ3v) is 3.96. The van der Waals surface area contributed by atoms with Gasteiger partial charge in [0.1, 0.15) is 0 Å². The first-order chi connectivity index (χ1) is 9.75. The summed E-state index contributed by atoms with van der Waals surface area (Å²) in [6.07, 6.45) is 10.3. The second-order valence-corrected chi connectivity index (χ2v) is 5.60. The van der Waals surface area contributed by atoms with Crippen LogP contribution in [0.4, 0.5) is 4.79 Å². The smallest absolute Gasteiger partial charge is 0.318 e. The molecular formula is C15H25N3O2. The second-order valence-electron chi connectivity index (χ2n) is 5.60. The molecule has 1 saturated carbocycles. The van der Waals surface area contributed by atoms with Gasteiger partial charge in [-0.1, -0.05) is 12.0 Å². The van der Waals surface area contributed by atoms with Crippen molar-refractivity contribution in [3.8, 4) is 0 Å². The Hall–Kier alpha value is -1.52. The average Bonchev–Trinajstić information content (AvgIpc) is 2.88. The maximum atomic E-state index is 11.6. The first-order valence-corrected chi connectivity index (χ1v) is 7.76. The molecule has 20 heavy (non-hydrogen) atoms. The van der Waals surface area contributed by atoms with Gasteiger partial charge in [-0.15, -0.1) is 0 Å². The van der Waals surface area contributed by atoms with Gasteiger partial charge >= 0.3 is 6.03 Å². The summed E-state index contributed by atoms with van der Waals surface area (Å²) >= 11 is 0. The zero-order valence-electron chi connectivity index (χ0n) is 12.1. The molecule has 1 heterocycles. The first-order valence-electron chi connectivity index (χ1n) is 7.76. The molecule has 0 atom stereocenters. The summed E-state index contributed by atoms with van der Waals surface area (Å²) in [6.45, 7) is 2.23. The van der Waals surface area contributed by atoms with E-state index in [2.05, 4.69) is 10.6 Å². The van der Waals surface area contributed by atoms with E-state index in [1.54, 1.807) is 0 Å². The van der Waals surface area contributed by atoms with Gasteiger partial charge in [0.2, 0.25) is 5.91 Å². The Morgan fingerprint density at radius 2 is 1.95 bits per heavy atom. The fourth-order valence-corrected chi connectivity index (χ4v) is 2.78. The van der Waals surface area contributed by atoms with Crippen molar-refractivity contribution in [1.29, 1.82) is 0 Å². The van der Waals surface area contributed by atoms with Gasteiger partial charge in [-0.3, -0.25) is 4.79 Å². The van der Waals surface area contributed by atoms with E-state index in [4.69, 9.17) is 0 Å². The van der Waals surface area contributed by atoms with Gasteiger partial charge < -0.3 is 15.5 Å². The van der Waals surface area contributed by atoms with Crippen LogP contribution in [0.2, 0.25) is 0 Å². The molecular weight excluding hydrogens is 254 g/mol. The lowest BCUT2D eigenvalue weighted by atomic mass is 9.96. The van der Waals surface area contributed by atoms with Crippen LogP contribution in [0.25, 0.3) is 0 Å². The molecule has 1 saturated heterocycles. The number of hydrogen-bond donors (Lipinski definition) is 2. The van der Waals surface area contributed by atoms with Crippen molar-refractivity contribution in [3.63, 3.8) is 0 Å². The second kappa shape index (κ2) is 7.92. The molecule has 5 heteroatoms. The summed E-state index contributed by atoms with van der Waals surface area (Å²) in [5, 5.41) is 5.63. The number of carbonyl (C=O) groups is 2. The van der Waals surface area contributed by atoms with E-state index in [0.29, 0.717) is 13.0 Å². The Bertz CT molecular complexity index is 371. The molecule has 0 bridgehead atoms. The van der Waals surface area contributed by atoms with Crippen LogP contribution in [0, 0.1) is 0 Å². The maximum Gasteiger partial charge on any atom is 0.318 e. The van der Waals surface area contributed by atoms with Crippen LogP contribution in [0.3, 0.4) is 0 Å². The lowest BCUT2D eigenvalue weighted by Crippen LogP contribution is -2.35. The third kappa shape index (κ3) is 4.87. The minimum Gasteiger partial charge on any atom is -0.343 e. The number of hydrogen-bond acceptors (Lipinski definition) is 2. The van der Waals surface area contributed by atoms with Crippen molar-refractivity contribution < 1.29 is 9.59 Å². The van der Waals surface area contributed by atoms with Gasteiger partial charge in [0.25, 0.3) is 0 Å². The molecule has 5 nitrogen and oxygen atoms in total. The molecule has 0 spiro atoms. The van der Waals surface area contributed by atoms with Crippen LogP contribution in [-0.4, -0.2) is 36.5 Å². The molecule has 0 unspecified atom stereocenters. The highest BCUT2D eigenvalue weighted by Gasteiger charge is 2.18. The zero-order valence-corrected chi connectivity index (χ0v) is 12.1. The number of nitrogens with one attached hydrogen (secondary N) is 2. The van der Waals surface area contributed by atoms with Gasteiger partial charge in [-0.2, -0.15) is 0 Å². The molecule has 1 aliphatic heterocycles. The van der Waals surface area contributed by atoms with Crippen LogP contribution in [-0.2, 0) is 4.79 Å². The van der Waals surface area contributed by atoms with Crippen molar-refractivity contribution in [2.45, 2.75) is 51.4 Å². The van der Waals surface area contributed by atoms with Gasteiger partial charge in [-0.25, -0.2) is 4.79 Å². The Labute approximate surface area is 120 Å². The molecule has 0 aromatic carbocycles. The highest BCUT2D eigenvalue weighted by molar-refractivity contribution is 5.78. The van der Waals surface area contributed by atoms with E-state index in [1.165, 1.54) is 24.8 Å².